The minimum Gasteiger partial charge on any atom is -0.365 e. The van der Waals surface area contributed by atoms with Crippen molar-refractivity contribution in [3.05, 3.63) is 23.9 Å². The van der Waals surface area contributed by atoms with Gasteiger partial charge in [0.15, 0.2) is 0 Å². The van der Waals surface area contributed by atoms with Crippen molar-refractivity contribution in [3.8, 4) is 6.07 Å². The van der Waals surface area contributed by atoms with Gasteiger partial charge in [-0.1, -0.05) is 0 Å². The van der Waals surface area contributed by atoms with E-state index >= 15 is 0 Å². The molecule has 0 amide bonds. The molecule has 1 aliphatic rings. The Morgan fingerprint density at radius 2 is 2.40 bits per heavy atom. The van der Waals surface area contributed by atoms with Gasteiger partial charge in [-0.25, -0.2) is 4.98 Å². The molecule has 15 heavy (non-hydrogen) atoms. The molecule has 0 bridgehead atoms. The summed E-state index contributed by atoms with van der Waals surface area (Å²) in [6, 6.07) is 6.08. The molecule has 1 aromatic heterocycles. The van der Waals surface area contributed by atoms with Crippen molar-refractivity contribution in [1.82, 2.24) is 4.98 Å². The van der Waals surface area contributed by atoms with Gasteiger partial charge in [-0.2, -0.15) is 5.26 Å². The van der Waals surface area contributed by atoms with Crippen LogP contribution in [0.4, 0.5) is 5.82 Å². The number of nitriles is 1. The summed E-state index contributed by atoms with van der Waals surface area (Å²) < 4.78 is 0. The molecule has 0 aromatic carbocycles. The Balaban J connectivity index is 2.14. The minimum absolute atomic E-state index is 0.179. The van der Waals surface area contributed by atoms with Crippen molar-refractivity contribution in [1.29, 1.82) is 5.26 Å². The SMILES string of the molecule is N#Cc1cccnc1NC1CCCC1N. The van der Waals surface area contributed by atoms with E-state index in [0.717, 1.165) is 19.3 Å². The molecule has 4 nitrogen and oxygen atoms in total. The summed E-state index contributed by atoms with van der Waals surface area (Å²) in [6.07, 6.45) is 4.94. The van der Waals surface area contributed by atoms with E-state index in [4.69, 9.17) is 11.0 Å². The van der Waals surface area contributed by atoms with Crippen LogP contribution in [0.2, 0.25) is 0 Å². The topological polar surface area (TPSA) is 74.7 Å². The highest BCUT2D eigenvalue weighted by Gasteiger charge is 2.24. The Morgan fingerprint density at radius 1 is 1.53 bits per heavy atom. The molecule has 2 atom stereocenters. The highest BCUT2D eigenvalue weighted by Crippen LogP contribution is 2.22. The van der Waals surface area contributed by atoms with Crippen LogP contribution < -0.4 is 11.1 Å². The van der Waals surface area contributed by atoms with Gasteiger partial charge >= 0.3 is 0 Å². The molecule has 0 radical (unpaired) electrons. The maximum atomic E-state index is 8.90. The molecule has 2 unspecified atom stereocenters. The smallest absolute Gasteiger partial charge is 0.144 e. The first-order valence-electron chi connectivity index (χ1n) is 5.18. The number of hydrogen-bond acceptors (Lipinski definition) is 4. The number of nitrogens with one attached hydrogen (secondary N) is 1. The van der Waals surface area contributed by atoms with Crippen molar-refractivity contribution < 1.29 is 0 Å². The second kappa shape index (κ2) is 4.28. The van der Waals surface area contributed by atoms with E-state index in [1.54, 1.807) is 18.3 Å². The van der Waals surface area contributed by atoms with Crippen molar-refractivity contribution in [2.45, 2.75) is 31.3 Å². The monoisotopic (exact) mass is 202 g/mol. The van der Waals surface area contributed by atoms with Gasteiger partial charge in [0.25, 0.3) is 0 Å². The van der Waals surface area contributed by atoms with Crippen LogP contribution >= 0.6 is 0 Å². The standard InChI is InChI=1S/C11H14N4/c12-7-8-3-2-6-14-11(8)15-10-5-1-4-9(10)13/h2-3,6,9-10H,1,4-5,13H2,(H,14,15). The third kappa shape index (κ3) is 2.08. The second-order valence-electron chi connectivity index (χ2n) is 3.86. The average Bonchev–Trinajstić information content (AvgIpc) is 2.65. The lowest BCUT2D eigenvalue weighted by atomic mass is 10.2. The second-order valence-corrected chi connectivity index (χ2v) is 3.86. The van der Waals surface area contributed by atoms with Gasteiger partial charge in [-0.05, 0) is 31.4 Å². The maximum Gasteiger partial charge on any atom is 0.144 e. The Morgan fingerprint density at radius 3 is 3.07 bits per heavy atom. The predicted octanol–water partition coefficient (Wildman–Crippen LogP) is 1.24. The fourth-order valence-corrected chi connectivity index (χ4v) is 1.95. The van der Waals surface area contributed by atoms with Gasteiger partial charge in [-0.3, -0.25) is 0 Å². The molecule has 1 aliphatic carbocycles. The third-order valence-electron chi connectivity index (χ3n) is 2.82. The Labute approximate surface area is 89.1 Å². The van der Waals surface area contributed by atoms with Gasteiger partial charge in [0.05, 0.1) is 5.56 Å². The number of rotatable bonds is 2. The fourth-order valence-electron chi connectivity index (χ4n) is 1.95. The number of nitrogens with two attached hydrogens (primary N) is 1. The molecule has 3 N–H and O–H groups in total. The van der Waals surface area contributed by atoms with E-state index in [2.05, 4.69) is 16.4 Å². The normalized spacial score (nSPS) is 24.8. The summed E-state index contributed by atoms with van der Waals surface area (Å²) in [7, 11) is 0. The average molecular weight is 202 g/mol. The predicted molar refractivity (Wildman–Crippen MR) is 58.2 cm³/mol. The van der Waals surface area contributed by atoms with Crippen molar-refractivity contribution in [2.24, 2.45) is 5.73 Å². The zero-order chi connectivity index (χ0) is 10.7. The minimum atomic E-state index is 0.179. The Kier molecular flexibility index (Phi) is 2.84. The first-order valence-corrected chi connectivity index (χ1v) is 5.18. The zero-order valence-corrected chi connectivity index (χ0v) is 8.48. The molecule has 4 heteroatoms. The van der Waals surface area contributed by atoms with Crippen molar-refractivity contribution in [3.63, 3.8) is 0 Å². The number of hydrogen-bond donors (Lipinski definition) is 2. The van der Waals surface area contributed by atoms with Crippen LogP contribution in [0.5, 0.6) is 0 Å². The number of aromatic nitrogens is 1. The highest BCUT2D eigenvalue weighted by molar-refractivity contribution is 5.52. The Bertz CT molecular complexity index is 382. The van der Waals surface area contributed by atoms with Gasteiger partial charge in [0.2, 0.25) is 0 Å². The largest absolute Gasteiger partial charge is 0.365 e. The zero-order valence-electron chi connectivity index (χ0n) is 8.48. The van der Waals surface area contributed by atoms with Gasteiger partial charge in [0.1, 0.15) is 11.9 Å². The van der Waals surface area contributed by atoms with E-state index in [0.29, 0.717) is 11.4 Å². The summed E-state index contributed by atoms with van der Waals surface area (Å²) in [4.78, 5) is 4.16. The molecule has 2 rings (SSSR count). The third-order valence-corrected chi connectivity index (χ3v) is 2.82. The Hall–Kier alpha value is -1.60. The highest BCUT2D eigenvalue weighted by atomic mass is 15.0. The number of nitrogens with zero attached hydrogens (tertiary/aromatic N) is 2. The summed E-state index contributed by atoms with van der Waals surface area (Å²) in [5.74, 6) is 0.655. The van der Waals surface area contributed by atoms with E-state index < -0.39 is 0 Å². The molecule has 1 saturated carbocycles. The van der Waals surface area contributed by atoms with E-state index in [1.165, 1.54) is 0 Å². The van der Waals surface area contributed by atoms with Crippen molar-refractivity contribution in [2.75, 3.05) is 5.32 Å². The van der Waals surface area contributed by atoms with E-state index in [1.807, 2.05) is 0 Å². The molecular formula is C11H14N4. The van der Waals surface area contributed by atoms with E-state index in [9.17, 15) is 0 Å². The lowest BCUT2D eigenvalue weighted by Crippen LogP contribution is -2.35. The molecular weight excluding hydrogens is 188 g/mol. The van der Waals surface area contributed by atoms with Crippen LogP contribution in [0, 0.1) is 11.3 Å². The number of pyridine rings is 1. The van der Waals surface area contributed by atoms with E-state index in [-0.39, 0.29) is 12.1 Å². The molecule has 78 valence electrons. The fraction of sp³-hybridized carbons (Fsp3) is 0.455. The van der Waals surface area contributed by atoms with Crippen molar-refractivity contribution >= 4 is 5.82 Å². The number of anilines is 1. The van der Waals surface area contributed by atoms with Crippen LogP contribution in [0.3, 0.4) is 0 Å². The lowest BCUT2D eigenvalue weighted by molar-refractivity contribution is 0.635. The molecule has 1 aromatic rings. The summed E-state index contributed by atoms with van der Waals surface area (Å²) >= 11 is 0. The van der Waals surface area contributed by atoms with Crippen LogP contribution in [-0.2, 0) is 0 Å². The lowest BCUT2D eigenvalue weighted by Gasteiger charge is -2.18. The van der Waals surface area contributed by atoms with Crippen LogP contribution in [0.1, 0.15) is 24.8 Å². The molecule has 0 saturated heterocycles. The quantitative estimate of drug-likeness (QED) is 0.756. The van der Waals surface area contributed by atoms with Crippen LogP contribution in [-0.4, -0.2) is 17.1 Å². The van der Waals surface area contributed by atoms with Gasteiger partial charge in [0, 0.05) is 18.3 Å². The maximum absolute atomic E-state index is 8.90. The summed E-state index contributed by atoms with van der Waals surface area (Å²) in [6.45, 7) is 0. The van der Waals surface area contributed by atoms with Crippen LogP contribution in [0.25, 0.3) is 0 Å². The summed E-state index contributed by atoms with van der Waals surface area (Å²) in [5, 5.41) is 12.1. The molecule has 1 fully saturated rings. The molecule has 0 aliphatic heterocycles. The molecule has 0 spiro atoms. The first kappa shape index (κ1) is 9.94. The van der Waals surface area contributed by atoms with Gasteiger partial charge < -0.3 is 11.1 Å². The molecule has 1 heterocycles. The summed E-state index contributed by atoms with van der Waals surface area (Å²) in [5.41, 5.74) is 6.53. The van der Waals surface area contributed by atoms with Crippen LogP contribution in [0.15, 0.2) is 18.3 Å². The first-order chi connectivity index (χ1) is 7.31. The van der Waals surface area contributed by atoms with Gasteiger partial charge in [-0.15, -0.1) is 0 Å².